The van der Waals surface area contributed by atoms with Crippen LogP contribution in [0, 0.1) is 6.92 Å². The van der Waals surface area contributed by atoms with Gasteiger partial charge in [-0.2, -0.15) is 0 Å². The van der Waals surface area contributed by atoms with E-state index in [0.29, 0.717) is 6.54 Å². The molecule has 0 spiro atoms. The number of nitrogens with zero attached hydrogens (tertiary/aromatic N) is 3. The highest BCUT2D eigenvalue weighted by Crippen LogP contribution is 2.23. The molecule has 0 bridgehead atoms. The summed E-state index contributed by atoms with van der Waals surface area (Å²) < 4.78 is 0. The first-order valence-electron chi connectivity index (χ1n) is 6.11. The molecular formula is C14H18N4. The molecule has 0 saturated heterocycles. The molecule has 2 aromatic rings. The van der Waals surface area contributed by atoms with E-state index in [-0.39, 0.29) is 0 Å². The highest BCUT2D eigenvalue weighted by molar-refractivity contribution is 5.59. The van der Waals surface area contributed by atoms with Gasteiger partial charge in [-0.3, -0.25) is 4.98 Å². The van der Waals surface area contributed by atoms with Crippen molar-refractivity contribution in [3.8, 4) is 0 Å². The lowest BCUT2D eigenvalue weighted by atomic mass is 10.2. The molecule has 4 nitrogen and oxygen atoms in total. The minimum absolute atomic E-state index is 0.669. The predicted molar refractivity (Wildman–Crippen MR) is 73.9 cm³/mol. The van der Waals surface area contributed by atoms with E-state index in [1.165, 1.54) is 5.56 Å². The smallest absolute Gasteiger partial charge is 0.151 e. The molecule has 2 rings (SSSR count). The Bertz CT molecular complexity index is 467. The van der Waals surface area contributed by atoms with Gasteiger partial charge in [-0.25, -0.2) is 4.98 Å². The SMILES string of the molecule is Cc1ccc(N(CCCN)c2cnccn2)cc1. The number of rotatable bonds is 5. The molecule has 0 amide bonds. The van der Waals surface area contributed by atoms with Crippen LogP contribution in [0.3, 0.4) is 0 Å². The Morgan fingerprint density at radius 1 is 1.17 bits per heavy atom. The van der Waals surface area contributed by atoms with Gasteiger partial charge in [-0.05, 0) is 32.0 Å². The van der Waals surface area contributed by atoms with Gasteiger partial charge < -0.3 is 10.6 Å². The fourth-order valence-corrected chi connectivity index (χ4v) is 1.78. The second kappa shape index (κ2) is 6.12. The van der Waals surface area contributed by atoms with Crippen molar-refractivity contribution in [2.45, 2.75) is 13.3 Å². The lowest BCUT2D eigenvalue weighted by molar-refractivity contribution is 0.808. The molecule has 0 aliphatic carbocycles. The standard InChI is InChI=1S/C14H18N4/c1-12-3-5-13(6-4-12)18(10-2-7-15)14-11-16-8-9-17-14/h3-6,8-9,11H,2,7,10,15H2,1H3. The third-order valence-corrected chi connectivity index (χ3v) is 2.76. The quantitative estimate of drug-likeness (QED) is 0.874. The minimum atomic E-state index is 0.669. The molecule has 0 fully saturated rings. The molecule has 0 unspecified atom stereocenters. The zero-order valence-electron chi connectivity index (χ0n) is 10.6. The number of aromatic nitrogens is 2. The van der Waals surface area contributed by atoms with Gasteiger partial charge >= 0.3 is 0 Å². The molecule has 18 heavy (non-hydrogen) atoms. The maximum atomic E-state index is 5.59. The van der Waals surface area contributed by atoms with E-state index in [4.69, 9.17) is 5.73 Å². The number of aryl methyl sites for hydroxylation is 1. The van der Waals surface area contributed by atoms with Crippen LogP contribution in [0.25, 0.3) is 0 Å². The summed E-state index contributed by atoms with van der Waals surface area (Å²) in [6.07, 6.45) is 6.08. The molecule has 2 N–H and O–H groups in total. The van der Waals surface area contributed by atoms with Crippen molar-refractivity contribution in [1.29, 1.82) is 0 Å². The van der Waals surface area contributed by atoms with Crippen LogP contribution >= 0.6 is 0 Å². The van der Waals surface area contributed by atoms with Crippen LogP contribution in [-0.4, -0.2) is 23.1 Å². The number of benzene rings is 1. The molecule has 94 valence electrons. The average Bonchev–Trinajstić information content (AvgIpc) is 2.42. The second-order valence-electron chi connectivity index (χ2n) is 4.19. The maximum absolute atomic E-state index is 5.59. The van der Waals surface area contributed by atoms with Crippen molar-refractivity contribution >= 4 is 11.5 Å². The number of hydrogen-bond acceptors (Lipinski definition) is 4. The summed E-state index contributed by atoms with van der Waals surface area (Å²) in [5.41, 5.74) is 7.96. The maximum Gasteiger partial charge on any atom is 0.151 e. The largest absolute Gasteiger partial charge is 0.330 e. The molecule has 4 heteroatoms. The second-order valence-corrected chi connectivity index (χ2v) is 4.19. The first-order valence-corrected chi connectivity index (χ1v) is 6.11. The lowest BCUT2D eigenvalue weighted by Crippen LogP contribution is -2.21. The normalized spacial score (nSPS) is 10.3. The highest BCUT2D eigenvalue weighted by Gasteiger charge is 2.09. The first kappa shape index (κ1) is 12.5. The van der Waals surface area contributed by atoms with Crippen molar-refractivity contribution in [3.05, 3.63) is 48.4 Å². The van der Waals surface area contributed by atoms with Gasteiger partial charge in [0.1, 0.15) is 0 Å². The summed E-state index contributed by atoms with van der Waals surface area (Å²) in [6, 6.07) is 8.39. The molecule has 0 saturated carbocycles. The van der Waals surface area contributed by atoms with Gasteiger partial charge in [0.2, 0.25) is 0 Å². The average molecular weight is 242 g/mol. The molecule has 0 atom stereocenters. The van der Waals surface area contributed by atoms with E-state index in [0.717, 1.165) is 24.5 Å². The Labute approximate surface area is 107 Å². The van der Waals surface area contributed by atoms with E-state index in [1.54, 1.807) is 18.6 Å². The van der Waals surface area contributed by atoms with Crippen molar-refractivity contribution < 1.29 is 0 Å². The summed E-state index contributed by atoms with van der Waals surface area (Å²) in [5.74, 6) is 0.856. The number of anilines is 2. The van der Waals surface area contributed by atoms with Crippen molar-refractivity contribution in [2.24, 2.45) is 5.73 Å². The minimum Gasteiger partial charge on any atom is -0.330 e. The fraction of sp³-hybridized carbons (Fsp3) is 0.286. The molecule has 0 radical (unpaired) electrons. The van der Waals surface area contributed by atoms with Gasteiger partial charge in [0.25, 0.3) is 0 Å². The fourth-order valence-electron chi connectivity index (χ4n) is 1.78. The predicted octanol–water partition coefficient (Wildman–Crippen LogP) is 2.27. The summed E-state index contributed by atoms with van der Waals surface area (Å²) in [4.78, 5) is 10.6. The summed E-state index contributed by atoms with van der Waals surface area (Å²) in [7, 11) is 0. The zero-order valence-corrected chi connectivity index (χ0v) is 10.6. The first-order chi connectivity index (χ1) is 8.81. The number of hydrogen-bond donors (Lipinski definition) is 1. The van der Waals surface area contributed by atoms with Crippen LogP contribution in [0.1, 0.15) is 12.0 Å². The highest BCUT2D eigenvalue weighted by atomic mass is 15.2. The zero-order chi connectivity index (χ0) is 12.8. The van der Waals surface area contributed by atoms with E-state index in [1.807, 2.05) is 0 Å². The van der Waals surface area contributed by atoms with Crippen molar-refractivity contribution in [2.75, 3.05) is 18.0 Å². The van der Waals surface area contributed by atoms with E-state index < -0.39 is 0 Å². The van der Waals surface area contributed by atoms with E-state index >= 15 is 0 Å². The van der Waals surface area contributed by atoms with Gasteiger partial charge in [-0.15, -0.1) is 0 Å². The van der Waals surface area contributed by atoms with Crippen LogP contribution in [0.2, 0.25) is 0 Å². The summed E-state index contributed by atoms with van der Waals surface area (Å²) in [6.45, 7) is 3.59. The molecular weight excluding hydrogens is 224 g/mol. The Hall–Kier alpha value is -1.94. The molecule has 0 aliphatic rings. The van der Waals surface area contributed by atoms with Gasteiger partial charge in [0, 0.05) is 24.6 Å². The summed E-state index contributed by atoms with van der Waals surface area (Å²) in [5, 5.41) is 0. The Balaban J connectivity index is 2.27. The van der Waals surface area contributed by atoms with Gasteiger partial charge in [-0.1, -0.05) is 17.7 Å². The van der Waals surface area contributed by atoms with E-state index in [9.17, 15) is 0 Å². The van der Waals surface area contributed by atoms with Crippen LogP contribution in [0.5, 0.6) is 0 Å². The summed E-state index contributed by atoms with van der Waals surface area (Å²) >= 11 is 0. The molecule has 1 aromatic carbocycles. The van der Waals surface area contributed by atoms with E-state index in [2.05, 4.69) is 46.1 Å². The molecule has 1 aromatic heterocycles. The Morgan fingerprint density at radius 3 is 2.56 bits per heavy atom. The van der Waals surface area contributed by atoms with Gasteiger partial charge in [0.05, 0.1) is 6.20 Å². The lowest BCUT2D eigenvalue weighted by Gasteiger charge is -2.23. The van der Waals surface area contributed by atoms with Crippen molar-refractivity contribution in [3.63, 3.8) is 0 Å². The molecule has 1 heterocycles. The monoisotopic (exact) mass is 242 g/mol. The topological polar surface area (TPSA) is 55.0 Å². The number of nitrogens with two attached hydrogens (primary N) is 1. The van der Waals surface area contributed by atoms with Crippen LogP contribution in [-0.2, 0) is 0 Å². The third-order valence-electron chi connectivity index (χ3n) is 2.76. The Kier molecular flexibility index (Phi) is 4.25. The van der Waals surface area contributed by atoms with Gasteiger partial charge in [0.15, 0.2) is 5.82 Å². The van der Waals surface area contributed by atoms with Crippen molar-refractivity contribution in [1.82, 2.24) is 9.97 Å². The Morgan fingerprint density at radius 2 is 1.94 bits per heavy atom. The third kappa shape index (κ3) is 3.05. The molecule has 0 aliphatic heterocycles. The van der Waals surface area contributed by atoms with Crippen LogP contribution < -0.4 is 10.6 Å². The van der Waals surface area contributed by atoms with Crippen LogP contribution in [0.15, 0.2) is 42.9 Å². The van der Waals surface area contributed by atoms with Crippen LogP contribution in [0.4, 0.5) is 11.5 Å².